The Morgan fingerprint density at radius 1 is 1.50 bits per heavy atom. The van der Waals surface area contributed by atoms with Crippen LogP contribution in [0, 0.1) is 10.1 Å². The highest BCUT2D eigenvalue weighted by Crippen LogP contribution is 2.32. The van der Waals surface area contributed by atoms with Gasteiger partial charge in [-0.05, 0) is 31.4 Å². The highest BCUT2D eigenvalue weighted by Gasteiger charge is 2.21. The molecular formula is C12H16N2O4. The summed E-state index contributed by atoms with van der Waals surface area (Å²) in [6.07, 6.45) is 3.11. The van der Waals surface area contributed by atoms with Crippen molar-refractivity contribution in [1.82, 2.24) is 0 Å². The number of hydrogen-bond acceptors (Lipinski definition) is 5. The fraction of sp³-hybridized carbons (Fsp3) is 0.500. The Kier molecular flexibility index (Phi) is 3.99. The summed E-state index contributed by atoms with van der Waals surface area (Å²) < 4.78 is 11.0. The van der Waals surface area contributed by atoms with Gasteiger partial charge in [0.05, 0.1) is 11.0 Å². The normalized spacial score (nSPS) is 19.4. The molecule has 1 heterocycles. The Morgan fingerprint density at radius 3 is 3.00 bits per heavy atom. The van der Waals surface area contributed by atoms with Gasteiger partial charge in [0.1, 0.15) is 12.3 Å². The predicted octanol–water partition coefficient (Wildman–Crippen LogP) is 2.12. The van der Waals surface area contributed by atoms with Crippen LogP contribution in [0.1, 0.15) is 19.3 Å². The molecule has 1 unspecified atom stereocenters. The van der Waals surface area contributed by atoms with E-state index in [4.69, 9.17) is 15.2 Å². The quantitative estimate of drug-likeness (QED) is 0.503. The van der Waals surface area contributed by atoms with Crippen LogP contribution in [0.15, 0.2) is 18.2 Å². The maximum Gasteiger partial charge on any atom is 0.333 e. The van der Waals surface area contributed by atoms with Gasteiger partial charge in [0.25, 0.3) is 0 Å². The average molecular weight is 252 g/mol. The SMILES string of the molecule is Nc1cccc(OCC2CCCCO2)c1[N+](=O)[O-]. The van der Waals surface area contributed by atoms with E-state index < -0.39 is 4.92 Å². The molecule has 2 rings (SSSR count). The number of benzene rings is 1. The monoisotopic (exact) mass is 252 g/mol. The molecule has 1 atom stereocenters. The summed E-state index contributed by atoms with van der Waals surface area (Å²) in [5, 5.41) is 10.9. The topological polar surface area (TPSA) is 87.6 Å². The zero-order chi connectivity index (χ0) is 13.0. The van der Waals surface area contributed by atoms with E-state index in [1.807, 2.05) is 0 Å². The van der Waals surface area contributed by atoms with Gasteiger partial charge in [-0.3, -0.25) is 10.1 Å². The standard InChI is InChI=1S/C12H16N2O4/c13-10-5-3-6-11(12(10)14(15)16)18-8-9-4-1-2-7-17-9/h3,5-6,9H,1-2,4,7-8,13H2. The molecule has 0 amide bonds. The highest BCUT2D eigenvalue weighted by molar-refractivity contribution is 5.65. The minimum absolute atomic E-state index is 0.0137. The number of rotatable bonds is 4. The summed E-state index contributed by atoms with van der Waals surface area (Å²) in [6, 6.07) is 4.68. The summed E-state index contributed by atoms with van der Waals surface area (Å²) in [5.41, 5.74) is 5.52. The minimum Gasteiger partial charge on any atom is -0.484 e. The molecule has 1 aliphatic heterocycles. The van der Waals surface area contributed by atoms with Crippen LogP contribution in [-0.4, -0.2) is 24.2 Å². The molecule has 0 radical (unpaired) electrons. The molecule has 1 aromatic rings. The van der Waals surface area contributed by atoms with Crippen molar-refractivity contribution < 1.29 is 14.4 Å². The van der Waals surface area contributed by atoms with Crippen molar-refractivity contribution >= 4 is 11.4 Å². The molecule has 1 fully saturated rings. The van der Waals surface area contributed by atoms with E-state index in [1.54, 1.807) is 12.1 Å². The lowest BCUT2D eigenvalue weighted by molar-refractivity contribution is -0.385. The van der Waals surface area contributed by atoms with E-state index in [9.17, 15) is 10.1 Å². The Labute approximate surface area is 105 Å². The molecular weight excluding hydrogens is 236 g/mol. The molecule has 1 aliphatic rings. The number of para-hydroxylation sites is 1. The molecule has 18 heavy (non-hydrogen) atoms. The van der Waals surface area contributed by atoms with Crippen LogP contribution < -0.4 is 10.5 Å². The van der Waals surface area contributed by atoms with Crippen molar-refractivity contribution in [2.75, 3.05) is 18.9 Å². The number of nitrogens with two attached hydrogens (primary N) is 1. The largest absolute Gasteiger partial charge is 0.484 e. The number of nitro groups is 1. The molecule has 0 aliphatic carbocycles. The molecule has 98 valence electrons. The lowest BCUT2D eigenvalue weighted by Crippen LogP contribution is -2.26. The maximum absolute atomic E-state index is 10.9. The van der Waals surface area contributed by atoms with Gasteiger partial charge in [-0.1, -0.05) is 6.07 Å². The summed E-state index contributed by atoms with van der Waals surface area (Å²) in [7, 11) is 0. The molecule has 0 saturated carbocycles. The van der Waals surface area contributed by atoms with E-state index in [1.165, 1.54) is 6.07 Å². The van der Waals surface area contributed by atoms with E-state index in [-0.39, 0.29) is 23.2 Å². The molecule has 0 bridgehead atoms. The second kappa shape index (κ2) is 5.68. The van der Waals surface area contributed by atoms with Crippen molar-refractivity contribution in [1.29, 1.82) is 0 Å². The number of ether oxygens (including phenoxy) is 2. The number of nitrogens with zero attached hydrogens (tertiary/aromatic N) is 1. The summed E-state index contributed by atoms with van der Waals surface area (Å²) in [4.78, 5) is 10.4. The first-order valence-electron chi connectivity index (χ1n) is 5.96. The summed E-state index contributed by atoms with van der Waals surface area (Å²) >= 11 is 0. The number of nitro benzene ring substituents is 1. The Morgan fingerprint density at radius 2 is 2.33 bits per heavy atom. The van der Waals surface area contributed by atoms with Gasteiger partial charge in [-0.15, -0.1) is 0 Å². The first-order valence-corrected chi connectivity index (χ1v) is 5.96. The fourth-order valence-corrected chi connectivity index (χ4v) is 1.97. The maximum atomic E-state index is 10.9. The highest BCUT2D eigenvalue weighted by atomic mass is 16.6. The van der Waals surface area contributed by atoms with Gasteiger partial charge < -0.3 is 15.2 Å². The molecule has 1 saturated heterocycles. The van der Waals surface area contributed by atoms with Crippen molar-refractivity contribution in [3.63, 3.8) is 0 Å². The zero-order valence-corrected chi connectivity index (χ0v) is 10.0. The average Bonchev–Trinajstić information content (AvgIpc) is 2.37. The smallest absolute Gasteiger partial charge is 0.333 e. The van der Waals surface area contributed by atoms with Crippen molar-refractivity contribution in [2.24, 2.45) is 0 Å². The van der Waals surface area contributed by atoms with E-state index in [0.29, 0.717) is 6.61 Å². The van der Waals surface area contributed by atoms with Gasteiger partial charge >= 0.3 is 5.69 Å². The Hall–Kier alpha value is -1.82. The van der Waals surface area contributed by atoms with Gasteiger partial charge in [0.15, 0.2) is 5.75 Å². The summed E-state index contributed by atoms with van der Waals surface area (Å²) in [6.45, 7) is 1.05. The van der Waals surface area contributed by atoms with Crippen LogP contribution in [0.4, 0.5) is 11.4 Å². The van der Waals surface area contributed by atoms with Gasteiger partial charge in [0.2, 0.25) is 0 Å². The molecule has 2 N–H and O–H groups in total. The second-order valence-corrected chi connectivity index (χ2v) is 4.25. The lowest BCUT2D eigenvalue weighted by Gasteiger charge is -2.22. The fourth-order valence-electron chi connectivity index (χ4n) is 1.97. The molecule has 6 nitrogen and oxygen atoms in total. The first kappa shape index (κ1) is 12.6. The molecule has 1 aromatic carbocycles. The number of nitrogen functional groups attached to an aromatic ring is 1. The Balaban J connectivity index is 2.04. The van der Waals surface area contributed by atoms with Crippen LogP contribution in [0.25, 0.3) is 0 Å². The van der Waals surface area contributed by atoms with Gasteiger partial charge in [-0.25, -0.2) is 0 Å². The van der Waals surface area contributed by atoms with Crippen LogP contribution in [0.5, 0.6) is 5.75 Å². The predicted molar refractivity (Wildman–Crippen MR) is 66.6 cm³/mol. The summed E-state index contributed by atoms with van der Waals surface area (Å²) in [5.74, 6) is 0.203. The first-order chi connectivity index (χ1) is 8.68. The lowest BCUT2D eigenvalue weighted by atomic mass is 10.1. The second-order valence-electron chi connectivity index (χ2n) is 4.25. The minimum atomic E-state index is -0.521. The van der Waals surface area contributed by atoms with Crippen LogP contribution in [0.2, 0.25) is 0 Å². The van der Waals surface area contributed by atoms with E-state index >= 15 is 0 Å². The number of hydrogen-bond donors (Lipinski definition) is 1. The van der Waals surface area contributed by atoms with Crippen molar-refractivity contribution in [2.45, 2.75) is 25.4 Å². The third-order valence-electron chi connectivity index (χ3n) is 2.91. The Bertz CT molecular complexity index is 430. The number of anilines is 1. The third kappa shape index (κ3) is 2.89. The molecule has 6 heteroatoms. The van der Waals surface area contributed by atoms with E-state index in [2.05, 4.69) is 0 Å². The van der Waals surface area contributed by atoms with Gasteiger partial charge in [0, 0.05) is 6.61 Å². The molecule has 0 aromatic heterocycles. The van der Waals surface area contributed by atoms with Crippen LogP contribution in [0.3, 0.4) is 0 Å². The molecule has 0 spiro atoms. The van der Waals surface area contributed by atoms with Crippen molar-refractivity contribution in [3.05, 3.63) is 28.3 Å². The van der Waals surface area contributed by atoms with Crippen molar-refractivity contribution in [3.8, 4) is 5.75 Å². The van der Waals surface area contributed by atoms with Gasteiger partial charge in [-0.2, -0.15) is 0 Å². The van der Waals surface area contributed by atoms with Crippen LogP contribution >= 0.6 is 0 Å². The zero-order valence-electron chi connectivity index (χ0n) is 10.0. The third-order valence-corrected chi connectivity index (χ3v) is 2.91. The van der Waals surface area contributed by atoms with E-state index in [0.717, 1.165) is 25.9 Å². The van der Waals surface area contributed by atoms with Crippen LogP contribution in [-0.2, 0) is 4.74 Å².